The van der Waals surface area contributed by atoms with Crippen LogP contribution in [0.1, 0.15) is 23.8 Å². The Labute approximate surface area is 133 Å². The summed E-state index contributed by atoms with van der Waals surface area (Å²) in [5, 5.41) is 9.48. The normalized spacial score (nSPS) is 20.7. The summed E-state index contributed by atoms with van der Waals surface area (Å²) in [4.78, 5) is 25.5. The molecule has 6 nitrogen and oxygen atoms in total. The SMILES string of the molecule is COc1ccc(C2C(C(=O)O)CC(=O)N2Cc2ccco2)cc1. The van der Waals surface area contributed by atoms with Crippen molar-refractivity contribution in [3.05, 3.63) is 54.0 Å². The molecule has 2 atom stereocenters. The van der Waals surface area contributed by atoms with E-state index in [0.29, 0.717) is 11.5 Å². The average molecular weight is 315 g/mol. The first-order chi connectivity index (χ1) is 11.1. The number of carboxylic acid groups (broad SMARTS) is 1. The van der Waals surface area contributed by atoms with E-state index in [-0.39, 0.29) is 18.9 Å². The summed E-state index contributed by atoms with van der Waals surface area (Å²) in [5.41, 5.74) is 0.774. The molecule has 1 fully saturated rings. The third-order valence-corrected chi connectivity index (χ3v) is 4.11. The highest BCUT2D eigenvalue weighted by atomic mass is 16.5. The molecule has 120 valence electrons. The maximum Gasteiger partial charge on any atom is 0.309 e. The predicted molar refractivity (Wildman–Crippen MR) is 80.7 cm³/mol. The smallest absolute Gasteiger partial charge is 0.309 e. The van der Waals surface area contributed by atoms with Crippen molar-refractivity contribution in [3.63, 3.8) is 0 Å². The van der Waals surface area contributed by atoms with E-state index in [4.69, 9.17) is 9.15 Å². The van der Waals surface area contributed by atoms with Crippen molar-refractivity contribution in [1.29, 1.82) is 0 Å². The minimum atomic E-state index is -0.971. The van der Waals surface area contributed by atoms with Gasteiger partial charge in [-0.05, 0) is 29.8 Å². The van der Waals surface area contributed by atoms with Crippen LogP contribution < -0.4 is 4.74 Å². The second-order valence-electron chi connectivity index (χ2n) is 5.47. The average Bonchev–Trinajstić information content (AvgIpc) is 3.17. The molecule has 1 saturated heterocycles. The third kappa shape index (κ3) is 2.92. The van der Waals surface area contributed by atoms with Gasteiger partial charge in [-0.15, -0.1) is 0 Å². The van der Waals surface area contributed by atoms with Gasteiger partial charge in [-0.3, -0.25) is 9.59 Å². The summed E-state index contributed by atoms with van der Waals surface area (Å²) in [7, 11) is 1.57. The number of furan rings is 1. The molecule has 3 rings (SSSR count). The van der Waals surface area contributed by atoms with Crippen LogP contribution in [0, 0.1) is 5.92 Å². The van der Waals surface area contributed by atoms with Crippen molar-refractivity contribution in [1.82, 2.24) is 4.90 Å². The zero-order valence-corrected chi connectivity index (χ0v) is 12.6. The van der Waals surface area contributed by atoms with Gasteiger partial charge in [-0.2, -0.15) is 0 Å². The molecule has 2 unspecified atom stereocenters. The number of carbonyl (C=O) groups excluding carboxylic acids is 1. The van der Waals surface area contributed by atoms with Crippen LogP contribution in [0.4, 0.5) is 0 Å². The molecule has 23 heavy (non-hydrogen) atoms. The zero-order valence-electron chi connectivity index (χ0n) is 12.6. The predicted octanol–water partition coefficient (Wildman–Crippen LogP) is 2.46. The lowest BCUT2D eigenvalue weighted by atomic mass is 9.93. The Kier molecular flexibility index (Phi) is 4.06. The molecule has 1 amide bonds. The summed E-state index contributed by atoms with van der Waals surface area (Å²) >= 11 is 0. The van der Waals surface area contributed by atoms with Crippen LogP contribution in [-0.2, 0) is 16.1 Å². The molecule has 1 aromatic carbocycles. The van der Waals surface area contributed by atoms with Crippen LogP contribution in [-0.4, -0.2) is 29.0 Å². The second-order valence-corrected chi connectivity index (χ2v) is 5.47. The Bertz CT molecular complexity index is 692. The fourth-order valence-electron chi connectivity index (χ4n) is 2.98. The summed E-state index contributed by atoms with van der Waals surface area (Å²) in [5.74, 6) is -0.618. The van der Waals surface area contributed by atoms with Gasteiger partial charge in [0, 0.05) is 6.42 Å². The van der Waals surface area contributed by atoms with Crippen molar-refractivity contribution in [2.24, 2.45) is 5.92 Å². The number of hydrogen-bond donors (Lipinski definition) is 1. The molecule has 2 aromatic rings. The maximum atomic E-state index is 12.3. The minimum Gasteiger partial charge on any atom is -0.497 e. The lowest BCUT2D eigenvalue weighted by Gasteiger charge is -2.26. The lowest BCUT2D eigenvalue weighted by molar-refractivity contribution is -0.142. The van der Waals surface area contributed by atoms with Crippen LogP contribution >= 0.6 is 0 Å². The number of likely N-dealkylation sites (tertiary alicyclic amines) is 1. The molecule has 1 aliphatic rings. The molecule has 1 aliphatic heterocycles. The van der Waals surface area contributed by atoms with Crippen LogP contribution in [0.5, 0.6) is 5.75 Å². The molecular formula is C17H17NO5. The zero-order chi connectivity index (χ0) is 16.4. The summed E-state index contributed by atoms with van der Waals surface area (Å²) < 4.78 is 10.4. The summed E-state index contributed by atoms with van der Waals surface area (Å²) in [6.45, 7) is 0.256. The number of methoxy groups -OCH3 is 1. The number of carbonyl (C=O) groups is 2. The van der Waals surface area contributed by atoms with E-state index in [0.717, 1.165) is 5.56 Å². The Morgan fingerprint density at radius 3 is 2.65 bits per heavy atom. The maximum absolute atomic E-state index is 12.3. The Morgan fingerprint density at radius 1 is 1.35 bits per heavy atom. The van der Waals surface area contributed by atoms with Gasteiger partial charge in [0.1, 0.15) is 11.5 Å². The van der Waals surface area contributed by atoms with E-state index in [2.05, 4.69) is 0 Å². The van der Waals surface area contributed by atoms with Crippen LogP contribution in [0.3, 0.4) is 0 Å². The molecule has 0 aliphatic carbocycles. The molecule has 0 spiro atoms. The number of aliphatic carboxylic acids is 1. The number of nitrogens with zero attached hydrogens (tertiary/aromatic N) is 1. The Hall–Kier alpha value is -2.76. The van der Waals surface area contributed by atoms with Crippen molar-refractivity contribution < 1.29 is 23.8 Å². The highest BCUT2D eigenvalue weighted by Gasteiger charge is 2.44. The summed E-state index contributed by atoms with van der Waals surface area (Å²) in [6.07, 6.45) is 1.53. The van der Waals surface area contributed by atoms with Gasteiger partial charge in [-0.1, -0.05) is 12.1 Å². The Morgan fingerprint density at radius 2 is 2.09 bits per heavy atom. The molecule has 1 N–H and O–H groups in total. The first-order valence-electron chi connectivity index (χ1n) is 7.28. The van der Waals surface area contributed by atoms with E-state index < -0.39 is 17.9 Å². The van der Waals surface area contributed by atoms with Crippen LogP contribution in [0.25, 0.3) is 0 Å². The van der Waals surface area contributed by atoms with Crippen molar-refractivity contribution in [2.75, 3.05) is 7.11 Å². The fraction of sp³-hybridized carbons (Fsp3) is 0.294. The van der Waals surface area contributed by atoms with E-state index in [1.807, 2.05) is 0 Å². The van der Waals surface area contributed by atoms with E-state index in [1.54, 1.807) is 48.4 Å². The largest absolute Gasteiger partial charge is 0.497 e. The first kappa shape index (κ1) is 15.1. The molecule has 0 radical (unpaired) electrons. The van der Waals surface area contributed by atoms with Gasteiger partial charge < -0.3 is 19.2 Å². The van der Waals surface area contributed by atoms with Crippen molar-refractivity contribution in [3.8, 4) is 5.75 Å². The van der Waals surface area contributed by atoms with Gasteiger partial charge in [0.2, 0.25) is 5.91 Å². The number of hydrogen-bond acceptors (Lipinski definition) is 4. The van der Waals surface area contributed by atoms with Gasteiger partial charge in [0.25, 0.3) is 0 Å². The van der Waals surface area contributed by atoms with Crippen molar-refractivity contribution in [2.45, 2.75) is 19.0 Å². The van der Waals surface area contributed by atoms with E-state index >= 15 is 0 Å². The highest BCUT2D eigenvalue weighted by molar-refractivity contribution is 5.87. The van der Waals surface area contributed by atoms with Crippen LogP contribution in [0.2, 0.25) is 0 Å². The van der Waals surface area contributed by atoms with Crippen molar-refractivity contribution >= 4 is 11.9 Å². The Balaban J connectivity index is 1.94. The molecule has 2 heterocycles. The van der Waals surface area contributed by atoms with Gasteiger partial charge in [0.15, 0.2) is 0 Å². The molecule has 0 saturated carbocycles. The monoisotopic (exact) mass is 315 g/mol. The topological polar surface area (TPSA) is 80.0 Å². The number of amides is 1. The minimum absolute atomic E-state index is 0.00720. The molecular weight excluding hydrogens is 298 g/mol. The van der Waals surface area contributed by atoms with Gasteiger partial charge in [-0.25, -0.2) is 0 Å². The number of ether oxygens (including phenoxy) is 1. The molecule has 1 aromatic heterocycles. The number of carboxylic acids is 1. The fourth-order valence-corrected chi connectivity index (χ4v) is 2.98. The molecule has 6 heteroatoms. The van der Waals surface area contributed by atoms with Crippen LogP contribution in [0.15, 0.2) is 47.1 Å². The number of benzene rings is 1. The highest BCUT2D eigenvalue weighted by Crippen LogP contribution is 2.39. The number of rotatable bonds is 5. The standard InChI is InChI=1S/C17H17NO5/c1-22-12-6-4-11(5-7-12)16-14(17(20)21)9-15(19)18(16)10-13-3-2-8-23-13/h2-8,14,16H,9-10H2,1H3,(H,20,21). The van der Waals surface area contributed by atoms with Gasteiger partial charge >= 0.3 is 5.97 Å². The first-order valence-corrected chi connectivity index (χ1v) is 7.28. The summed E-state index contributed by atoms with van der Waals surface area (Å²) in [6, 6.07) is 10.1. The quantitative estimate of drug-likeness (QED) is 0.917. The molecule has 0 bridgehead atoms. The van der Waals surface area contributed by atoms with Gasteiger partial charge in [0.05, 0.1) is 31.9 Å². The third-order valence-electron chi connectivity index (χ3n) is 4.11. The van der Waals surface area contributed by atoms with E-state index in [1.165, 1.54) is 6.26 Å². The van der Waals surface area contributed by atoms with E-state index in [9.17, 15) is 14.7 Å². The lowest BCUT2D eigenvalue weighted by Crippen LogP contribution is -2.30. The second kappa shape index (κ2) is 6.16.